The monoisotopic (exact) mass is 272 g/mol. The van der Waals surface area contributed by atoms with E-state index in [0.29, 0.717) is 22.9 Å². The fourth-order valence-corrected chi connectivity index (χ4v) is 1.50. The van der Waals surface area contributed by atoms with Gasteiger partial charge in [0.15, 0.2) is 0 Å². The molecule has 0 atom stereocenters. The first-order valence-electron chi connectivity index (χ1n) is 5.53. The standard InChI is InChI=1S/C12H12N6O2/c1-19-8-2-7(6-13)3-9(4-8)20-11-5-10(18-15)16-12(14)17-11/h2-5H,15H2,1H3,(H3,14,16,17,18). The number of hydrazine groups is 1. The number of anilines is 2. The van der Waals surface area contributed by atoms with E-state index in [9.17, 15) is 0 Å². The summed E-state index contributed by atoms with van der Waals surface area (Å²) >= 11 is 0. The lowest BCUT2D eigenvalue weighted by molar-refractivity contribution is 0.407. The van der Waals surface area contributed by atoms with E-state index in [2.05, 4.69) is 15.4 Å². The van der Waals surface area contributed by atoms with Crippen LogP contribution < -0.4 is 26.5 Å². The quantitative estimate of drug-likeness (QED) is 0.555. The van der Waals surface area contributed by atoms with Crippen molar-refractivity contribution in [3.8, 4) is 23.4 Å². The molecule has 8 heteroatoms. The van der Waals surface area contributed by atoms with Crippen LogP contribution in [0.2, 0.25) is 0 Å². The molecule has 0 unspecified atom stereocenters. The molecule has 20 heavy (non-hydrogen) atoms. The topological polar surface area (TPSA) is 132 Å². The van der Waals surface area contributed by atoms with Crippen LogP contribution in [0.15, 0.2) is 24.3 Å². The molecule has 1 aromatic carbocycles. The summed E-state index contributed by atoms with van der Waals surface area (Å²) in [5.41, 5.74) is 8.28. The first-order chi connectivity index (χ1) is 9.64. The number of hydrogen-bond donors (Lipinski definition) is 3. The van der Waals surface area contributed by atoms with E-state index in [4.69, 9.17) is 26.3 Å². The van der Waals surface area contributed by atoms with Crippen LogP contribution in [0.4, 0.5) is 11.8 Å². The highest BCUT2D eigenvalue weighted by molar-refractivity contribution is 5.47. The van der Waals surface area contributed by atoms with Crippen LogP contribution in [0.5, 0.6) is 17.4 Å². The molecule has 1 aromatic heterocycles. The SMILES string of the molecule is COc1cc(C#N)cc(Oc2cc(NN)nc(N)n2)c1. The number of nitrogens with one attached hydrogen (secondary N) is 1. The fraction of sp³-hybridized carbons (Fsp3) is 0.0833. The zero-order valence-corrected chi connectivity index (χ0v) is 10.6. The van der Waals surface area contributed by atoms with Gasteiger partial charge in [-0.25, -0.2) is 5.84 Å². The van der Waals surface area contributed by atoms with Crippen molar-refractivity contribution in [2.75, 3.05) is 18.3 Å². The zero-order chi connectivity index (χ0) is 14.5. The molecule has 0 bridgehead atoms. The van der Waals surface area contributed by atoms with Crippen LogP contribution in [0.3, 0.4) is 0 Å². The Morgan fingerprint density at radius 1 is 1.20 bits per heavy atom. The highest BCUT2D eigenvalue weighted by Crippen LogP contribution is 2.27. The number of nitriles is 1. The molecule has 0 aliphatic rings. The second-order valence-corrected chi connectivity index (χ2v) is 3.71. The van der Waals surface area contributed by atoms with Crippen LogP contribution in [-0.4, -0.2) is 17.1 Å². The van der Waals surface area contributed by atoms with E-state index in [0.717, 1.165) is 0 Å². The summed E-state index contributed by atoms with van der Waals surface area (Å²) in [4.78, 5) is 7.75. The molecular weight excluding hydrogens is 260 g/mol. The second-order valence-electron chi connectivity index (χ2n) is 3.71. The van der Waals surface area contributed by atoms with Gasteiger partial charge in [-0.2, -0.15) is 15.2 Å². The molecule has 0 aliphatic heterocycles. The van der Waals surface area contributed by atoms with Gasteiger partial charge in [-0.15, -0.1) is 0 Å². The first-order valence-corrected chi connectivity index (χ1v) is 5.53. The van der Waals surface area contributed by atoms with E-state index in [1.165, 1.54) is 13.2 Å². The second kappa shape index (κ2) is 5.73. The highest BCUT2D eigenvalue weighted by atomic mass is 16.5. The maximum atomic E-state index is 8.94. The van der Waals surface area contributed by atoms with Crippen molar-refractivity contribution in [1.29, 1.82) is 5.26 Å². The third-order valence-corrected chi connectivity index (χ3v) is 2.34. The molecule has 8 nitrogen and oxygen atoms in total. The van der Waals surface area contributed by atoms with E-state index >= 15 is 0 Å². The number of methoxy groups -OCH3 is 1. The van der Waals surface area contributed by atoms with Crippen molar-refractivity contribution >= 4 is 11.8 Å². The Labute approximate surface area is 114 Å². The van der Waals surface area contributed by atoms with Gasteiger partial charge in [0.25, 0.3) is 0 Å². The Morgan fingerprint density at radius 3 is 2.60 bits per heavy atom. The first kappa shape index (κ1) is 13.4. The van der Waals surface area contributed by atoms with Crippen molar-refractivity contribution in [1.82, 2.24) is 9.97 Å². The molecule has 0 saturated heterocycles. The van der Waals surface area contributed by atoms with Crippen molar-refractivity contribution < 1.29 is 9.47 Å². The number of nitrogens with zero attached hydrogens (tertiary/aromatic N) is 3. The summed E-state index contributed by atoms with van der Waals surface area (Å²) in [5, 5.41) is 8.94. The van der Waals surface area contributed by atoms with E-state index < -0.39 is 0 Å². The minimum absolute atomic E-state index is 0.0128. The number of nitrogens with two attached hydrogens (primary N) is 2. The number of nitrogen functional groups attached to an aromatic ring is 2. The third-order valence-electron chi connectivity index (χ3n) is 2.34. The maximum absolute atomic E-state index is 8.94. The van der Waals surface area contributed by atoms with Gasteiger partial charge in [-0.05, 0) is 12.1 Å². The fourth-order valence-electron chi connectivity index (χ4n) is 1.50. The van der Waals surface area contributed by atoms with Crippen LogP contribution in [0, 0.1) is 11.3 Å². The van der Waals surface area contributed by atoms with E-state index in [-0.39, 0.29) is 11.8 Å². The average molecular weight is 272 g/mol. The molecule has 0 fully saturated rings. The average Bonchev–Trinajstić information content (AvgIpc) is 2.46. The summed E-state index contributed by atoms with van der Waals surface area (Å²) in [5.74, 6) is 6.67. The van der Waals surface area contributed by atoms with Crippen LogP contribution in [-0.2, 0) is 0 Å². The highest BCUT2D eigenvalue weighted by Gasteiger charge is 2.07. The summed E-state index contributed by atoms with van der Waals surface area (Å²) in [6.07, 6.45) is 0. The van der Waals surface area contributed by atoms with Gasteiger partial charge >= 0.3 is 0 Å². The van der Waals surface area contributed by atoms with Crippen LogP contribution in [0.25, 0.3) is 0 Å². The Bertz CT molecular complexity index is 667. The maximum Gasteiger partial charge on any atom is 0.226 e. The normalized spacial score (nSPS) is 9.65. The van der Waals surface area contributed by atoms with Gasteiger partial charge in [-0.3, -0.25) is 0 Å². The predicted octanol–water partition coefficient (Wildman–Crippen LogP) is 1.02. The van der Waals surface area contributed by atoms with Gasteiger partial charge in [0.1, 0.15) is 17.3 Å². The summed E-state index contributed by atoms with van der Waals surface area (Å²) in [7, 11) is 1.50. The molecule has 102 valence electrons. The minimum Gasteiger partial charge on any atom is -0.497 e. The Morgan fingerprint density at radius 2 is 1.95 bits per heavy atom. The van der Waals surface area contributed by atoms with Gasteiger partial charge in [0.2, 0.25) is 11.8 Å². The smallest absolute Gasteiger partial charge is 0.226 e. The number of aromatic nitrogens is 2. The number of rotatable bonds is 4. The Hall–Kier alpha value is -3.05. The van der Waals surface area contributed by atoms with Crippen molar-refractivity contribution in [2.24, 2.45) is 5.84 Å². The molecule has 2 rings (SSSR count). The lowest BCUT2D eigenvalue weighted by Crippen LogP contribution is -2.10. The predicted molar refractivity (Wildman–Crippen MR) is 72.0 cm³/mol. The Balaban J connectivity index is 2.34. The molecular formula is C12H12N6O2. The molecule has 1 heterocycles. The molecule has 2 aromatic rings. The number of hydrogen-bond acceptors (Lipinski definition) is 8. The van der Waals surface area contributed by atoms with E-state index in [1.807, 2.05) is 6.07 Å². The molecule has 0 saturated carbocycles. The molecule has 0 aliphatic carbocycles. The lowest BCUT2D eigenvalue weighted by atomic mass is 10.2. The summed E-state index contributed by atoms with van der Waals surface area (Å²) in [6.45, 7) is 0. The number of ether oxygens (including phenoxy) is 2. The van der Waals surface area contributed by atoms with E-state index in [1.54, 1.807) is 18.2 Å². The largest absolute Gasteiger partial charge is 0.497 e. The van der Waals surface area contributed by atoms with Crippen molar-refractivity contribution in [2.45, 2.75) is 0 Å². The van der Waals surface area contributed by atoms with Gasteiger partial charge in [0.05, 0.1) is 18.7 Å². The minimum atomic E-state index is 0.0128. The molecule has 0 radical (unpaired) electrons. The van der Waals surface area contributed by atoms with Crippen molar-refractivity contribution in [3.63, 3.8) is 0 Å². The molecule has 0 spiro atoms. The third kappa shape index (κ3) is 3.04. The van der Waals surface area contributed by atoms with Crippen molar-refractivity contribution in [3.05, 3.63) is 29.8 Å². The molecule has 0 amide bonds. The van der Waals surface area contributed by atoms with Crippen LogP contribution in [0.1, 0.15) is 5.56 Å². The van der Waals surface area contributed by atoms with Gasteiger partial charge in [0, 0.05) is 12.1 Å². The number of benzene rings is 1. The summed E-state index contributed by atoms with van der Waals surface area (Å²) < 4.78 is 10.6. The molecule has 5 N–H and O–H groups in total. The summed E-state index contributed by atoms with van der Waals surface area (Å²) in [6, 6.07) is 8.25. The zero-order valence-electron chi connectivity index (χ0n) is 10.6. The van der Waals surface area contributed by atoms with Gasteiger partial charge < -0.3 is 20.6 Å². The van der Waals surface area contributed by atoms with Crippen LogP contribution >= 0.6 is 0 Å². The Kier molecular flexibility index (Phi) is 3.83. The van der Waals surface area contributed by atoms with Gasteiger partial charge in [-0.1, -0.05) is 0 Å². The lowest BCUT2D eigenvalue weighted by Gasteiger charge is -2.09.